The topological polar surface area (TPSA) is 154 Å². The molecule has 10 nitrogen and oxygen atoms in total. The predicted molar refractivity (Wildman–Crippen MR) is 144 cm³/mol. The number of amides is 3. The lowest BCUT2D eigenvalue weighted by atomic mass is 9.86. The van der Waals surface area contributed by atoms with Crippen molar-refractivity contribution in [3.8, 4) is 0 Å². The molecule has 0 bridgehead atoms. The van der Waals surface area contributed by atoms with Gasteiger partial charge in [0, 0.05) is 5.92 Å². The van der Waals surface area contributed by atoms with Gasteiger partial charge in [0.2, 0.25) is 17.7 Å². The normalized spacial score (nSPS) is 29.0. The van der Waals surface area contributed by atoms with Crippen LogP contribution in [-0.2, 0) is 23.9 Å². The van der Waals surface area contributed by atoms with E-state index in [2.05, 4.69) is 29.5 Å². The Balaban J connectivity index is 3.21. The highest BCUT2D eigenvalue weighted by atomic mass is 16.5. The molecule has 1 heterocycles. The van der Waals surface area contributed by atoms with Gasteiger partial charge in [-0.15, -0.1) is 0 Å². The number of cyclic esters (lactones) is 1. The van der Waals surface area contributed by atoms with E-state index in [0.717, 1.165) is 25.7 Å². The summed E-state index contributed by atoms with van der Waals surface area (Å²) in [6.07, 6.45) is 4.71. The van der Waals surface area contributed by atoms with E-state index in [1.54, 1.807) is 27.7 Å². The van der Waals surface area contributed by atoms with Crippen LogP contribution >= 0.6 is 0 Å². The van der Waals surface area contributed by atoms with Crippen LogP contribution in [0.2, 0.25) is 0 Å². The quantitative estimate of drug-likeness (QED) is 0.162. The molecule has 0 spiro atoms. The molecule has 7 atom stereocenters. The van der Waals surface area contributed by atoms with Crippen molar-refractivity contribution in [2.24, 2.45) is 17.8 Å². The van der Waals surface area contributed by atoms with Crippen LogP contribution in [0.25, 0.3) is 0 Å². The van der Waals surface area contributed by atoms with Crippen molar-refractivity contribution >= 4 is 23.7 Å². The van der Waals surface area contributed by atoms with Gasteiger partial charge in [-0.05, 0) is 25.7 Å². The van der Waals surface area contributed by atoms with E-state index < -0.39 is 65.9 Å². The zero-order chi connectivity index (χ0) is 29.0. The molecule has 0 aromatic carbocycles. The van der Waals surface area contributed by atoms with Gasteiger partial charge >= 0.3 is 5.97 Å². The summed E-state index contributed by atoms with van der Waals surface area (Å²) in [6.45, 7) is 13.8. The van der Waals surface area contributed by atoms with Crippen molar-refractivity contribution in [1.29, 1.82) is 0 Å². The maximum Gasteiger partial charge on any atom is 0.354 e. The third-order valence-electron chi connectivity index (χ3n) is 7.23. The third kappa shape index (κ3) is 10.4. The number of esters is 1. The third-order valence-corrected chi connectivity index (χ3v) is 7.23. The van der Waals surface area contributed by atoms with Gasteiger partial charge in [-0.3, -0.25) is 14.4 Å². The van der Waals surface area contributed by atoms with Crippen LogP contribution in [-0.4, -0.2) is 64.3 Å². The number of nitrogens with one attached hydrogen (secondary N) is 3. The summed E-state index contributed by atoms with van der Waals surface area (Å²) in [5.74, 6) is -4.81. The molecule has 5 N–H and O–H groups in total. The Hall–Kier alpha value is -2.46. The molecule has 0 radical (unpaired) electrons. The highest BCUT2D eigenvalue weighted by Crippen LogP contribution is 2.25. The SMILES string of the molecule is C=C1NC(=O)[C@@H]([C@@H](C)O)NC(=O)[C@@H](C(C)C)NC(=O)[C@@H](C)[C@@H](O)[C@@H](C)[C@H](CCCCCCCCC)OC1=O. The molecule has 0 saturated carbocycles. The molecule has 1 fully saturated rings. The predicted octanol–water partition coefficient (Wildman–Crippen LogP) is 2.32. The first kappa shape index (κ1) is 33.6. The van der Waals surface area contributed by atoms with Gasteiger partial charge in [-0.25, -0.2) is 4.79 Å². The first-order valence-corrected chi connectivity index (χ1v) is 14.0. The van der Waals surface area contributed by atoms with E-state index in [4.69, 9.17) is 4.74 Å². The molecular formula is C28H49N3O7. The Kier molecular flexibility index (Phi) is 14.6. The van der Waals surface area contributed by atoms with Crippen molar-refractivity contribution in [2.75, 3.05) is 0 Å². The standard InChI is InChI=1S/C28H49N3O7/c1-8-9-10-11-12-13-14-15-21-17(4)24(33)18(5)25(34)30-22(16(2)3)26(35)31-23(20(7)32)27(36)29-19(6)28(37)38-21/h16-18,20-24,32-33H,6,8-15H2,1-5,7H3,(H,29,36)(H,30,34)(H,31,35)/t17-,18-,20+,21-,22+,23+,24-/m0/s1. The lowest BCUT2D eigenvalue weighted by molar-refractivity contribution is -0.152. The van der Waals surface area contributed by atoms with Gasteiger partial charge in [0.15, 0.2) is 0 Å². The largest absolute Gasteiger partial charge is 0.457 e. The Morgan fingerprint density at radius 1 is 0.868 bits per heavy atom. The first-order valence-electron chi connectivity index (χ1n) is 14.0. The van der Waals surface area contributed by atoms with Crippen LogP contribution in [0.3, 0.4) is 0 Å². The van der Waals surface area contributed by atoms with Crippen molar-refractivity contribution in [2.45, 2.75) is 123 Å². The second kappa shape index (κ2) is 16.5. The molecule has 0 aliphatic carbocycles. The van der Waals surface area contributed by atoms with Gasteiger partial charge < -0.3 is 30.9 Å². The number of aliphatic hydroxyl groups excluding tert-OH is 2. The number of carbonyl (C=O) groups excluding carboxylic acids is 4. The zero-order valence-electron chi connectivity index (χ0n) is 23.9. The minimum absolute atomic E-state index is 0.348. The number of carbonyl (C=O) groups is 4. The average Bonchev–Trinajstić information content (AvgIpc) is 2.86. The van der Waals surface area contributed by atoms with Crippen molar-refractivity contribution in [1.82, 2.24) is 16.0 Å². The molecule has 1 aliphatic rings. The molecule has 1 aliphatic heterocycles. The number of unbranched alkanes of at least 4 members (excludes halogenated alkanes) is 6. The number of hydrogen-bond acceptors (Lipinski definition) is 7. The van der Waals surface area contributed by atoms with E-state index in [0.29, 0.717) is 6.42 Å². The number of hydrogen-bond donors (Lipinski definition) is 5. The van der Waals surface area contributed by atoms with Gasteiger partial charge in [0.1, 0.15) is 23.9 Å². The monoisotopic (exact) mass is 539 g/mol. The van der Waals surface area contributed by atoms with Crippen molar-refractivity contribution < 1.29 is 34.1 Å². The summed E-state index contributed by atoms with van der Waals surface area (Å²) in [4.78, 5) is 51.7. The summed E-state index contributed by atoms with van der Waals surface area (Å²) < 4.78 is 5.68. The van der Waals surface area contributed by atoms with E-state index in [9.17, 15) is 29.4 Å². The molecule has 3 amide bonds. The fraction of sp³-hybridized carbons (Fsp3) is 0.786. The van der Waals surface area contributed by atoms with Crippen molar-refractivity contribution in [3.05, 3.63) is 12.3 Å². The van der Waals surface area contributed by atoms with Gasteiger partial charge in [0.05, 0.1) is 18.1 Å². The van der Waals surface area contributed by atoms with Crippen LogP contribution in [0.5, 0.6) is 0 Å². The van der Waals surface area contributed by atoms with E-state index in [1.165, 1.54) is 26.2 Å². The first-order chi connectivity index (χ1) is 17.8. The van der Waals surface area contributed by atoms with Gasteiger partial charge in [0.25, 0.3) is 0 Å². The Morgan fingerprint density at radius 3 is 1.97 bits per heavy atom. The minimum atomic E-state index is -1.40. The Bertz CT molecular complexity index is 814. The lowest BCUT2D eigenvalue weighted by Gasteiger charge is -2.32. The minimum Gasteiger partial charge on any atom is -0.457 e. The fourth-order valence-corrected chi connectivity index (χ4v) is 4.52. The van der Waals surface area contributed by atoms with Crippen LogP contribution in [0, 0.1) is 17.8 Å². The molecule has 38 heavy (non-hydrogen) atoms. The Labute approximate surface area is 227 Å². The zero-order valence-corrected chi connectivity index (χ0v) is 23.9. The summed E-state index contributed by atoms with van der Waals surface area (Å²) in [5, 5.41) is 28.7. The maximum absolute atomic E-state index is 13.1. The molecule has 10 heteroatoms. The molecule has 1 rings (SSSR count). The molecule has 0 aromatic heterocycles. The fourth-order valence-electron chi connectivity index (χ4n) is 4.52. The molecule has 218 valence electrons. The van der Waals surface area contributed by atoms with Crippen molar-refractivity contribution in [3.63, 3.8) is 0 Å². The van der Waals surface area contributed by atoms with Crippen LogP contribution in [0.15, 0.2) is 12.3 Å². The average molecular weight is 540 g/mol. The van der Waals surface area contributed by atoms with E-state index in [-0.39, 0.29) is 11.6 Å². The number of aliphatic hydroxyl groups is 2. The van der Waals surface area contributed by atoms with Crippen LogP contribution in [0.4, 0.5) is 0 Å². The maximum atomic E-state index is 13.1. The smallest absolute Gasteiger partial charge is 0.354 e. The highest BCUT2D eigenvalue weighted by Gasteiger charge is 2.38. The number of ether oxygens (including phenoxy) is 1. The second-order valence-electron chi connectivity index (χ2n) is 10.9. The Morgan fingerprint density at radius 2 is 1.42 bits per heavy atom. The molecule has 0 unspecified atom stereocenters. The molecular weight excluding hydrogens is 490 g/mol. The molecule has 1 saturated heterocycles. The second-order valence-corrected chi connectivity index (χ2v) is 10.9. The van der Waals surface area contributed by atoms with Gasteiger partial charge in [-0.2, -0.15) is 0 Å². The molecule has 0 aromatic rings. The summed E-state index contributed by atoms with van der Waals surface area (Å²) in [7, 11) is 0. The van der Waals surface area contributed by atoms with E-state index >= 15 is 0 Å². The van der Waals surface area contributed by atoms with Crippen LogP contribution in [0.1, 0.15) is 92.9 Å². The van der Waals surface area contributed by atoms with Gasteiger partial charge in [-0.1, -0.05) is 79.7 Å². The summed E-state index contributed by atoms with van der Waals surface area (Å²) >= 11 is 0. The van der Waals surface area contributed by atoms with Crippen LogP contribution < -0.4 is 16.0 Å². The highest BCUT2D eigenvalue weighted by molar-refractivity contribution is 5.97. The lowest BCUT2D eigenvalue weighted by Crippen LogP contribution is -2.59. The summed E-state index contributed by atoms with van der Waals surface area (Å²) in [5.41, 5.74) is -0.348. The van der Waals surface area contributed by atoms with E-state index in [1.807, 2.05) is 0 Å². The summed E-state index contributed by atoms with van der Waals surface area (Å²) in [6, 6.07) is -2.42. The number of rotatable bonds is 10.